The van der Waals surface area contributed by atoms with Crippen LogP contribution in [0.1, 0.15) is 142 Å². The molecular weight excluding hydrogens is 829 g/mol. The van der Waals surface area contributed by atoms with Crippen molar-refractivity contribution in [3.05, 3.63) is 146 Å². The van der Waals surface area contributed by atoms with Crippen LogP contribution in [0.5, 0.6) is 0 Å². The van der Waals surface area contributed by atoms with E-state index >= 15 is 0 Å². The zero-order valence-corrected chi connectivity index (χ0v) is 40.6. The van der Waals surface area contributed by atoms with Crippen LogP contribution in [0.25, 0.3) is 0 Å². The number of rotatable bonds is 40. The molecule has 0 radical (unpaired) electrons. The van der Waals surface area contributed by atoms with E-state index in [0.29, 0.717) is 13.0 Å². The molecule has 0 bridgehead atoms. The van der Waals surface area contributed by atoms with E-state index in [1.807, 2.05) is 0 Å². The predicted octanol–water partition coefficient (Wildman–Crippen LogP) is 12.2. The lowest BCUT2D eigenvalue weighted by molar-refractivity contribution is -0.305. The van der Waals surface area contributed by atoms with Crippen LogP contribution in [0, 0.1) is 0 Å². The minimum Gasteiger partial charge on any atom is -0.457 e. The molecule has 0 saturated carbocycles. The summed E-state index contributed by atoms with van der Waals surface area (Å²) in [7, 11) is 0. The monoisotopic (exact) mass is 917 g/mol. The summed E-state index contributed by atoms with van der Waals surface area (Å²) >= 11 is 0. The Morgan fingerprint density at radius 1 is 0.485 bits per heavy atom. The first kappa shape index (κ1) is 60.1. The molecule has 1 aliphatic heterocycles. The van der Waals surface area contributed by atoms with E-state index in [9.17, 15) is 25.2 Å². The van der Waals surface area contributed by atoms with E-state index in [-0.39, 0.29) is 25.6 Å². The Morgan fingerprint density at radius 3 is 1.30 bits per heavy atom. The number of aliphatic hydroxyl groups is 4. The van der Waals surface area contributed by atoms with Crippen LogP contribution in [0.3, 0.4) is 0 Å². The highest BCUT2D eigenvalue weighted by molar-refractivity contribution is 5.69. The fourth-order valence-corrected chi connectivity index (χ4v) is 6.45. The number of hydrogen-bond acceptors (Lipinski definition) is 9. The highest BCUT2D eigenvalue weighted by Gasteiger charge is 2.44. The van der Waals surface area contributed by atoms with Gasteiger partial charge in [-0.05, 0) is 109 Å². The molecule has 9 nitrogen and oxygen atoms in total. The molecule has 0 spiro atoms. The zero-order chi connectivity index (χ0) is 47.8. The standard InChI is InChI=1S/C57H88O9/c1-3-5-7-9-11-13-15-17-19-21-23-25-26-27-28-30-32-34-36-38-40-42-44-46-53(59)65-51(50-64-57-56(62)55(61)54(60)52(48-58)66-57)49-63-47-45-43-41-39-37-35-33-31-29-24-22-20-18-16-14-12-10-8-6-4-2/h5-8,11-14,17-20,23-25,27-29,32-35,39,41,51-52,54-58,60-62H,3-4,9-10,15-16,21-22,26,30-31,36-38,40,42-50H2,1-2H3/b7-5-,8-6-,13-11-,14-12-,19-17-,20-18-,25-23-,28-27-,29-24-,34-32-,35-33-,41-39-. The van der Waals surface area contributed by atoms with Crippen LogP contribution >= 0.6 is 0 Å². The Morgan fingerprint density at radius 2 is 0.879 bits per heavy atom. The number of hydrogen-bond donors (Lipinski definition) is 4. The van der Waals surface area contributed by atoms with Gasteiger partial charge in [-0.25, -0.2) is 0 Å². The Kier molecular flexibility index (Phi) is 42.1. The van der Waals surface area contributed by atoms with Crippen molar-refractivity contribution >= 4 is 5.97 Å². The van der Waals surface area contributed by atoms with Gasteiger partial charge in [-0.1, -0.05) is 173 Å². The van der Waals surface area contributed by atoms with Crippen molar-refractivity contribution in [1.82, 2.24) is 0 Å². The number of unbranched alkanes of at least 4 members (excludes halogenated alkanes) is 5. The van der Waals surface area contributed by atoms with E-state index in [0.717, 1.165) is 116 Å². The van der Waals surface area contributed by atoms with Gasteiger partial charge in [-0.15, -0.1) is 0 Å². The Bertz CT molecular complexity index is 1510. The van der Waals surface area contributed by atoms with Gasteiger partial charge in [0.05, 0.1) is 19.8 Å². The highest BCUT2D eigenvalue weighted by Crippen LogP contribution is 2.22. The van der Waals surface area contributed by atoms with Crippen molar-refractivity contribution < 1.29 is 44.2 Å². The van der Waals surface area contributed by atoms with Crippen molar-refractivity contribution in [3.8, 4) is 0 Å². The second-order valence-corrected chi connectivity index (χ2v) is 16.1. The summed E-state index contributed by atoms with van der Waals surface area (Å²) in [5.74, 6) is -0.365. The molecule has 370 valence electrons. The molecular formula is C57H88O9. The predicted molar refractivity (Wildman–Crippen MR) is 274 cm³/mol. The number of esters is 1. The summed E-state index contributed by atoms with van der Waals surface area (Å²) in [6.07, 6.45) is 63.1. The summed E-state index contributed by atoms with van der Waals surface area (Å²) in [6, 6.07) is 0. The molecule has 6 atom stereocenters. The van der Waals surface area contributed by atoms with Crippen molar-refractivity contribution in [2.24, 2.45) is 0 Å². The van der Waals surface area contributed by atoms with Gasteiger partial charge in [0, 0.05) is 13.0 Å². The maximum Gasteiger partial charge on any atom is 0.306 e. The number of ether oxygens (including phenoxy) is 4. The number of carbonyl (C=O) groups excluding carboxylic acids is 1. The summed E-state index contributed by atoms with van der Waals surface area (Å²) in [5.41, 5.74) is 0. The van der Waals surface area contributed by atoms with E-state index in [1.54, 1.807) is 0 Å². The molecule has 0 aromatic heterocycles. The third kappa shape index (κ3) is 36.2. The molecule has 1 rings (SSSR count). The summed E-state index contributed by atoms with van der Waals surface area (Å²) in [4.78, 5) is 12.8. The summed E-state index contributed by atoms with van der Waals surface area (Å²) in [6.45, 7) is 4.11. The molecule has 1 fully saturated rings. The van der Waals surface area contributed by atoms with Crippen molar-refractivity contribution in [2.45, 2.75) is 179 Å². The van der Waals surface area contributed by atoms with E-state index in [1.165, 1.54) is 0 Å². The number of aliphatic hydroxyl groups excluding tert-OH is 4. The Labute approximate surface area is 400 Å². The average Bonchev–Trinajstić information content (AvgIpc) is 3.32. The van der Waals surface area contributed by atoms with Crippen molar-refractivity contribution in [1.29, 1.82) is 0 Å². The average molecular weight is 917 g/mol. The van der Waals surface area contributed by atoms with E-state index < -0.39 is 43.4 Å². The topological polar surface area (TPSA) is 135 Å². The maximum absolute atomic E-state index is 12.8. The summed E-state index contributed by atoms with van der Waals surface area (Å²) in [5, 5.41) is 40.2. The van der Waals surface area contributed by atoms with Crippen molar-refractivity contribution in [3.63, 3.8) is 0 Å². The normalized spacial score (nSPS) is 20.6. The minimum atomic E-state index is -1.56. The number of allylic oxidation sites excluding steroid dienone is 24. The van der Waals surface area contributed by atoms with E-state index in [4.69, 9.17) is 18.9 Å². The lowest BCUT2D eigenvalue weighted by Gasteiger charge is -2.39. The third-order valence-corrected chi connectivity index (χ3v) is 10.3. The lowest BCUT2D eigenvalue weighted by Crippen LogP contribution is -2.59. The SMILES string of the molecule is CC/C=C\C/C=C\C/C=C\C/C=C\C/C=C\C/C=C\CCCCCCC(=O)OC(COCCC/C=C\C/C=C\C/C=C\C/C=C\C/C=C\C/C=C\CC)COC1OC(CO)C(O)C(O)C1O. The molecule has 4 N–H and O–H groups in total. The Balaban J connectivity index is 2.32. The fraction of sp³-hybridized carbons (Fsp3) is 0.561. The molecule has 1 aliphatic rings. The minimum absolute atomic E-state index is 0.0822. The lowest BCUT2D eigenvalue weighted by atomic mass is 9.99. The summed E-state index contributed by atoms with van der Waals surface area (Å²) < 4.78 is 22.8. The van der Waals surface area contributed by atoms with E-state index in [2.05, 4.69) is 160 Å². The van der Waals surface area contributed by atoms with Gasteiger partial charge in [-0.3, -0.25) is 4.79 Å². The van der Waals surface area contributed by atoms with Gasteiger partial charge in [0.25, 0.3) is 0 Å². The molecule has 0 aliphatic carbocycles. The molecule has 9 heteroatoms. The quantitative estimate of drug-likeness (QED) is 0.0269. The van der Waals surface area contributed by atoms with Crippen LogP contribution in [-0.2, 0) is 23.7 Å². The van der Waals surface area contributed by atoms with Gasteiger partial charge >= 0.3 is 5.97 Å². The van der Waals surface area contributed by atoms with Gasteiger partial charge in [0.1, 0.15) is 30.5 Å². The molecule has 66 heavy (non-hydrogen) atoms. The van der Waals surface area contributed by atoms with Gasteiger partial charge in [0.15, 0.2) is 6.29 Å². The zero-order valence-electron chi connectivity index (χ0n) is 40.6. The Hall–Kier alpha value is -3.93. The molecule has 0 amide bonds. The molecule has 0 aromatic rings. The van der Waals surface area contributed by atoms with Crippen LogP contribution in [0.2, 0.25) is 0 Å². The first-order valence-corrected chi connectivity index (χ1v) is 24.9. The van der Waals surface area contributed by atoms with Crippen LogP contribution < -0.4 is 0 Å². The second-order valence-electron chi connectivity index (χ2n) is 16.1. The fourth-order valence-electron chi connectivity index (χ4n) is 6.45. The van der Waals surface area contributed by atoms with Gasteiger partial charge in [-0.2, -0.15) is 0 Å². The van der Waals surface area contributed by atoms with Crippen LogP contribution in [0.4, 0.5) is 0 Å². The largest absolute Gasteiger partial charge is 0.457 e. The molecule has 1 heterocycles. The second kappa shape index (κ2) is 46.2. The highest BCUT2D eigenvalue weighted by atomic mass is 16.7. The first-order chi connectivity index (χ1) is 32.4. The van der Waals surface area contributed by atoms with Crippen LogP contribution in [-0.4, -0.2) is 89.6 Å². The molecule has 0 aromatic carbocycles. The molecule has 6 unspecified atom stereocenters. The van der Waals surface area contributed by atoms with Gasteiger partial charge in [0.2, 0.25) is 0 Å². The molecule has 1 saturated heterocycles. The smallest absolute Gasteiger partial charge is 0.306 e. The number of carbonyl (C=O) groups is 1. The van der Waals surface area contributed by atoms with Crippen molar-refractivity contribution in [2.75, 3.05) is 26.4 Å². The maximum atomic E-state index is 12.8. The van der Waals surface area contributed by atoms with Crippen LogP contribution in [0.15, 0.2) is 146 Å². The van der Waals surface area contributed by atoms with Gasteiger partial charge < -0.3 is 39.4 Å². The third-order valence-electron chi connectivity index (χ3n) is 10.3. The first-order valence-electron chi connectivity index (χ1n) is 24.9.